The van der Waals surface area contributed by atoms with Crippen LogP contribution in [0.15, 0.2) is 22.6 Å². The number of nitrogens with zero attached hydrogens (tertiary/aromatic N) is 1. The number of benzene rings is 1. The van der Waals surface area contributed by atoms with E-state index in [2.05, 4.69) is 4.98 Å². The number of hydrogen-bond donors (Lipinski definition) is 1. The molecule has 0 saturated heterocycles. The molecule has 0 bridgehead atoms. The SMILES string of the molecule is COc1ccc2nc(COCCN)oc2c1. The lowest BCUT2D eigenvalue weighted by molar-refractivity contribution is 0.110. The van der Waals surface area contributed by atoms with Crippen LogP contribution in [0.4, 0.5) is 0 Å². The predicted molar refractivity (Wildman–Crippen MR) is 59.3 cm³/mol. The van der Waals surface area contributed by atoms with Gasteiger partial charge in [-0.1, -0.05) is 0 Å². The molecular weight excluding hydrogens is 208 g/mol. The number of aromatic nitrogens is 1. The number of hydrogen-bond acceptors (Lipinski definition) is 5. The van der Waals surface area contributed by atoms with Crippen LogP contribution in [0.5, 0.6) is 5.75 Å². The van der Waals surface area contributed by atoms with Crippen molar-refractivity contribution in [3.63, 3.8) is 0 Å². The number of rotatable bonds is 5. The van der Waals surface area contributed by atoms with E-state index in [0.717, 1.165) is 11.3 Å². The first-order valence-corrected chi connectivity index (χ1v) is 5.05. The van der Waals surface area contributed by atoms with Crippen LogP contribution >= 0.6 is 0 Å². The molecule has 1 aromatic heterocycles. The third-order valence-corrected chi connectivity index (χ3v) is 2.13. The van der Waals surface area contributed by atoms with Gasteiger partial charge in [0.25, 0.3) is 0 Å². The summed E-state index contributed by atoms with van der Waals surface area (Å²) in [6.45, 7) is 1.34. The van der Waals surface area contributed by atoms with Gasteiger partial charge in [0.05, 0.1) is 13.7 Å². The van der Waals surface area contributed by atoms with Crippen molar-refractivity contribution in [2.45, 2.75) is 6.61 Å². The summed E-state index contributed by atoms with van der Waals surface area (Å²) in [6.07, 6.45) is 0. The highest BCUT2D eigenvalue weighted by Crippen LogP contribution is 2.21. The molecule has 0 aliphatic carbocycles. The zero-order valence-corrected chi connectivity index (χ0v) is 9.10. The largest absolute Gasteiger partial charge is 0.497 e. The van der Waals surface area contributed by atoms with Crippen LogP contribution in [0, 0.1) is 0 Å². The normalized spacial score (nSPS) is 10.9. The summed E-state index contributed by atoms with van der Waals surface area (Å²) in [5.74, 6) is 1.30. The maximum Gasteiger partial charge on any atom is 0.221 e. The van der Waals surface area contributed by atoms with E-state index in [1.54, 1.807) is 13.2 Å². The third-order valence-electron chi connectivity index (χ3n) is 2.13. The van der Waals surface area contributed by atoms with Gasteiger partial charge in [-0.05, 0) is 12.1 Å². The van der Waals surface area contributed by atoms with Crippen LogP contribution in [0.2, 0.25) is 0 Å². The topological polar surface area (TPSA) is 70.5 Å². The van der Waals surface area contributed by atoms with Crippen LogP contribution in [0.3, 0.4) is 0 Å². The molecule has 16 heavy (non-hydrogen) atoms. The molecule has 5 heteroatoms. The van der Waals surface area contributed by atoms with Gasteiger partial charge in [0.1, 0.15) is 17.9 Å². The molecule has 0 aliphatic rings. The monoisotopic (exact) mass is 222 g/mol. The molecule has 0 spiro atoms. The Morgan fingerprint density at radius 3 is 3.06 bits per heavy atom. The molecule has 2 N–H and O–H groups in total. The molecule has 2 rings (SSSR count). The van der Waals surface area contributed by atoms with Crippen molar-refractivity contribution in [3.8, 4) is 5.75 Å². The Labute approximate surface area is 93.2 Å². The van der Waals surface area contributed by atoms with Crippen LogP contribution < -0.4 is 10.5 Å². The summed E-state index contributed by atoms with van der Waals surface area (Å²) in [5.41, 5.74) is 6.81. The van der Waals surface area contributed by atoms with Crippen LogP contribution in [-0.2, 0) is 11.3 Å². The second-order valence-electron chi connectivity index (χ2n) is 3.28. The highest BCUT2D eigenvalue weighted by atomic mass is 16.5. The molecule has 0 aliphatic heterocycles. The van der Waals surface area contributed by atoms with Crippen molar-refractivity contribution in [1.82, 2.24) is 4.98 Å². The maximum absolute atomic E-state index is 5.50. The minimum atomic E-state index is 0.341. The zero-order valence-electron chi connectivity index (χ0n) is 9.10. The van der Waals surface area contributed by atoms with Gasteiger partial charge in [0.2, 0.25) is 5.89 Å². The zero-order chi connectivity index (χ0) is 11.4. The van der Waals surface area contributed by atoms with E-state index in [-0.39, 0.29) is 0 Å². The maximum atomic E-state index is 5.50. The highest BCUT2D eigenvalue weighted by Gasteiger charge is 2.06. The number of nitrogens with two attached hydrogens (primary N) is 1. The highest BCUT2D eigenvalue weighted by molar-refractivity contribution is 5.74. The minimum absolute atomic E-state index is 0.341. The van der Waals surface area contributed by atoms with Crippen molar-refractivity contribution in [3.05, 3.63) is 24.1 Å². The summed E-state index contributed by atoms with van der Waals surface area (Å²) in [6, 6.07) is 5.49. The van der Waals surface area contributed by atoms with Gasteiger partial charge in [-0.25, -0.2) is 4.98 Å². The van der Waals surface area contributed by atoms with E-state index in [4.69, 9.17) is 19.6 Å². The van der Waals surface area contributed by atoms with E-state index in [1.165, 1.54) is 0 Å². The predicted octanol–water partition coefficient (Wildman–Crippen LogP) is 1.31. The molecule has 5 nitrogen and oxygen atoms in total. The lowest BCUT2D eigenvalue weighted by Crippen LogP contribution is -2.08. The van der Waals surface area contributed by atoms with Gasteiger partial charge in [-0.3, -0.25) is 0 Å². The molecule has 0 radical (unpaired) electrons. The van der Waals surface area contributed by atoms with Crippen molar-refractivity contribution in [2.75, 3.05) is 20.3 Å². The second-order valence-corrected chi connectivity index (χ2v) is 3.28. The van der Waals surface area contributed by atoms with Gasteiger partial charge in [-0.15, -0.1) is 0 Å². The average Bonchev–Trinajstić information content (AvgIpc) is 2.70. The minimum Gasteiger partial charge on any atom is -0.497 e. The number of ether oxygens (including phenoxy) is 2. The number of oxazole rings is 1. The number of methoxy groups -OCH3 is 1. The smallest absolute Gasteiger partial charge is 0.221 e. The molecule has 0 amide bonds. The van der Waals surface area contributed by atoms with Crippen molar-refractivity contribution in [1.29, 1.82) is 0 Å². The first-order valence-electron chi connectivity index (χ1n) is 5.05. The fraction of sp³-hybridized carbons (Fsp3) is 0.364. The third kappa shape index (κ3) is 2.32. The standard InChI is InChI=1S/C11H14N2O3/c1-14-8-2-3-9-10(6-8)16-11(13-9)7-15-5-4-12/h2-3,6H,4-5,7,12H2,1H3. The van der Waals surface area contributed by atoms with Gasteiger partial charge < -0.3 is 19.6 Å². The Hall–Kier alpha value is -1.59. The second kappa shape index (κ2) is 4.96. The van der Waals surface area contributed by atoms with E-state index < -0.39 is 0 Å². The van der Waals surface area contributed by atoms with Gasteiger partial charge >= 0.3 is 0 Å². The van der Waals surface area contributed by atoms with Gasteiger partial charge in [0, 0.05) is 12.6 Å². The molecular formula is C11H14N2O3. The van der Waals surface area contributed by atoms with Gasteiger partial charge in [0.15, 0.2) is 5.58 Å². The summed E-state index contributed by atoms with van der Waals surface area (Å²) >= 11 is 0. The molecule has 0 saturated carbocycles. The quantitative estimate of drug-likeness (QED) is 0.772. The van der Waals surface area contributed by atoms with Crippen molar-refractivity contribution < 1.29 is 13.9 Å². The molecule has 0 atom stereocenters. The van der Waals surface area contributed by atoms with Gasteiger partial charge in [-0.2, -0.15) is 0 Å². The summed E-state index contributed by atoms with van der Waals surface area (Å²) < 4.78 is 15.8. The van der Waals surface area contributed by atoms with Crippen molar-refractivity contribution >= 4 is 11.1 Å². The van der Waals surface area contributed by atoms with Crippen LogP contribution in [0.25, 0.3) is 11.1 Å². The number of fused-ring (bicyclic) bond motifs is 1. The van der Waals surface area contributed by atoms with Crippen molar-refractivity contribution in [2.24, 2.45) is 5.73 Å². The molecule has 86 valence electrons. The van der Waals surface area contributed by atoms with Crippen LogP contribution in [-0.4, -0.2) is 25.2 Å². The first-order chi connectivity index (χ1) is 7.83. The summed E-state index contributed by atoms with van der Waals surface area (Å²) in [5, 5.41) is 0. The molecule has 1 heterocycles. The molecule has 0 unspecified atom stereocenters. The Balaban J connectivity index is 2.16. The molecule has 2 aromatic rings. The van der Waals surface area contributed by atoms with E-state index in [1.807, 2.05) is 12.1 Å². The lowest BCUT2D eigenvalue weighted by atomic mass is 10.3. The fourth-order valence-electron chi connectivity index (χ4n) is 1.38. The lowest BCUT2D eigenvalue weighted by Gasteiger charge is -1.96. The molecule has 0 fully saturated rings. The molecule has 1 aromatic carbocycles. The van der Waals surface area contributed by atoms with E-state index in [0.29, 0.717) is 31.2 Å². The Kier molecular flexibility index (Phi) is 3.38. The Morgan fingerprint density at radius 2 is 2.31 bits per heavy atom. The summed E-state index contributed by atoms with van der Waals surface area (Å²) in [7, 11) is 1.61. The summed E-state index contributed by atoms with van der Waals surface area (Å²) in [4.78, 5) is 4.27. The van der Waals surface area contributed by atoms with E-state index >= 15 is 0 Å². The van der Waals surface area contributed by atoms with E-state index in [9.17, 15) is 0 Å². The average molecular weight is 222 g/mol. The van der Waals surface area contributed by atoms with Crippen LogP contribution in [0.1, 0.15) is 5.89 Å². The Bertz CT molecular complexity index is 467. The fourth-order valence-corrected chi connectivity index (χ4v) is 1.38. The Morgan fingerprint density at radius 1 is 1.44 bits per heavy atom. The first kappa shape index (κ1) is 10.9.